The van der Waals surface area contributed by atoms with Gasteiger partial charge in [0.15, 0.2) is 0 Å². The second-order valence-corrected chi connectivity index (χ2v) is 2.95. The predicted octanol–water partition coefficient (Wildman–Crippen LogP) is 1.86. The van der Waals surface area contributed by atoms with Gasteiger partial charge in [0.1, 0.15) is 0 Å². The molecule has 2 nitrogen and oxygen atoms in total. The maximum atomic E-state index is 11.0. The average Bonchev–Trinajstić information content (AvgIpc) is 1.97. The van der Waals surface area contributed by atoms with Crippen molar-refractivity contribution in [2.45, 2.75) is 32.1 Å². The van der Waals surface area contributed by atoms with E-state index in [9.17, 15) is 4.79 Å². The summed E-state index contributed by atoms with van der Waals surface area (Å²) in [4.78, 5) is 12.7. The SMILES string of the molecule is [CH2]CCCCCC(=O)N(C)C. The van der Waals surface area contributed by atoms with E-state index < -0.39 is 0 Å². The van der Waals surface area contributed by atoms with Crippen LogP contribution in [0, 0.1) is 6.92 Å². The first-order valence-corrected chi connectivity index (χ1v) is 4.18. The van der Waals surface area contributed by atoms with Gasteiger partial charge in [-0.05, 0) is 6.42 Å². The number of amides is 1. The molecule has 0 saturated carbocycles. The van der Waals surface area contributed by atoms with E-state index in [1.54, 1.807) is 19.0 Å². The second kappa shape index (κ2) is 6.20. The van der Waals surface area contributed by atoms with Crippen LogP contribution < -0.4 is 0 Å². The summed E-state index contributed by atoms with van der Waals surface area (Å²) in [6.07, 6.45) is 4.94. The Bertz CT molecular complexity index is 110. The van der Waals surface area contributed by atoms with E-state index in [1.165, 1.54) is 0 Å². The van der Waals surface area contributed by atoms with Crippen molar-refractivity contribution in [3.05, 3.63) is 6.92 Å². The van der Waals surface area contributed by atoms with Gasteiger partial charge in [0, 0.05) is 20.5 Å². The third kappa shape index (κ3) is 5.89. The van der Waals surface area contributed by atoms with Crippen LogP contribution in [-0.2, 0) is 4.79 Å². The molecule has 2 heteroatoms. The van der Waals surface area contributed by atoms with Crippen molar-refractivity contribution in [2.75, 3.05) is 14.1 Å². The van der Waals surface area contributed by atoms with Crippen molar-refractivity contribution >= 4 is 5.91 Å². The predicted molar refractivity (Wildman–Crippen MR) is 47.1 cm³/mol. The van der Waals surface area contributed by atoms with E-state index in [-0.39, 0.29) is 5.91 Å². The summed E-state index contributed by atoms with van der Waals surface area (Å²) in [6, 6.07) is 0. The Hall–Kier alpha value is -0.530. The highest BCUT2D eigenvalue weighted by Crippen LogP contribution is 2.02. The molecule has 0 atom stereocenters. The molecule has 0 heterocycles. The highest BCUT2D eigenvalue weighted by atomic mass is 16.2. The number of carbonyl (C=O) groups is 1. The lowest BCUT2D eigenvalue weighted by molar-refractivity contribution is -0.128. The molecule has 0 unspecified atom stereocenters. The molecule has 11 heavy (non-hydrogen) atoms. The molecule has 65 valence electrons. The van der Waals surface area contributed by atoms with Crippen molar-refractivity contribution in [3.63, 3.8) is 0 Å². The molecule has 0 fully saturated rings. The quantitative estimate of drug-likeness (QED) is 0.556. The van der Waals surface area contributed by atoms with Gasteiger partial charge in [-0.25, -0.2) is 0 Å². The molecule has 0 aromatic rings. The molecule has 0 rings (SSSR count). The van der Waals surface area contributed by atoms with E-state index in [0.29, 0.717) is 6.42 Å². The van der Waals surface area contributed by atoms with Crippen LogP contribution in [0.4, 0.5) is 0 Å². The zero-order valence-corrected chi connectivity index (χ0v) is 7.60. The fourth-order valence-electron chi connectivity index (χ4n) is 0.853. The van der Waals surface area contributed by atoms with Gasteiger partial charge in [0.25, 0.3) is 0 Å². The number of hydrogen-bond donors (Lipinski definition) is 0. The lowest BCUT2D eigenvalue weighted by Crippen LogP contribution is -2.20. The van der Waals surface area contributed by atoms with Gasteiger partial charge in [-0.3, -0.25) is 4.79 Å². The minimum atomic E-state index is 0.231. The Morgan fingerprint density at radius 2 is 1.91 bits per heavy atom. The summed E-state index contributed by atoms with van der Waals surface area (Å²) in [5.74, 6) is 0.231. The van der Waals surface area contributed by atoms with Crippen LogP contribution in [0.25, 0.3) is 0 Å². The summed E-state index contributed by atoms with van der Waals surface area (Å²) in [5.41, 5.74) is 0. The van der Waals surface area contributed by atoms with Crippen molar-refractivity contribution in [1.82, 2.24) is 4.90 Å². The lowest BCUT2D eigenvalue weighted by Gasteiger charge is -2.08. The van der Waals surface area contributed by atoms with E-state index in [0.717, 1.165) is 25.7 Å². The van der Waals surface area contributed by atoms with Crippen LogP contribution in [0.5, 0.6) is 0 Å². The first-order chi connectivity index (χ1) is 5.18. The fraction of sp³-hybridized carbons (Fsp3) is 0.778. The van der Waals surface area contributed by atoms with Crippen LogP contribution in [-0.4, -0.2) is 24.9 Å². The minimum Gasteiger partial charge on any atom is -0.349 e. The maximum absolute atomic E-state index is 11.0. The Labute approximate surface area is 69.6 Å². The highest BCUT2D eigenvalue weighted by Gasteiger charge is 2.01. The van der Waals surface area contributed by atoms with Crippen LogP contribution in [0.2, 0.25) is 0 Å². The average molecular weight is 156 g/mol. The van der Waals surface area contributed by atoms with E-state index in [2.05, 4.69) is 6.92 Å². The topological polar surface area (TPSA) is 20.3 Å². The highest BCUT2D eigenvalue weighted by molar-refractivity contribution is 5.75. The first-order valence-electron chi connectivity index (χ1n) is 4.18. The van der Waals surface area contributed by atoms with Gasteiger partial charge in [-0.1, -0.05) is 26.2 Å². The molecule has 0 aliphatic heterocycles. The zero-order valence-electron chi connectivity index (χ0n) is 7.60. The monoisotopic (exact) mass is 156 g/mol. The van der Waals surface area contributed by atoms with Crippen LogP contribution in [0.15, 0.2) is 0 Å². The third-order valence-corrected chi connectivity index (χ3v) is 1.64. The molecule has 0 aliphatic rings. The first kappa shape index (κ1) is 10.5. The Kier molecular flexibility index (Phi) is 5.90. The van der Waals surface area contributed by atoms with Gasteiger partial charge in [0.2, 0.25) is 5.91 Å². The molecule has 0 bridgehead atoms. The molecular formula is C9H18NO. The fourth-order valence-corrected chi connectivity index (χ4v) is 0.853. The van der Waals surface area contributed by atoms with Crippen molar-refractivity contribution in [2.24, 2.45) is 0 Å². The molecule has 0 spiro atoms. The molecule has 0 N–H and O–H groups in total. The van der Waals surface area contributed by atoms with Gasteiger partial charge < -0.3 is 4.90 Å². The number of nitrogens with zero attached hydrogens (tertiary/aromatic N) is 1. The van der Waals surface area contributed by atoms with E-state index in [1.807, 2.05) is 0 Å². The number of rotatable bonds is 5. The summed E-state index contributed by atoms with van der Waals surface area (Å²) < 4.78 is 0. The van der Waals surface area contributed by atoms with Crippen molar-refractivity contribution in [1.29, 1.82) is 0 Å². The van der Waals surface area contributed by atoms with E-state index in [4.69, 9.17) is 0 Å². The van der Waals surface area contributed by atoms with Crippen molar-refractivity contribution < 1.29 is 4.79 Å². The maximum Gasteiger partial charge on any atom is 0.222 e. The Morgan fingerprint density at radius 1 is 1.27 bits per heavy atom. The number of unbranched alkanes of at least 4 members (excludes halogenated alkanes) is 3. The Balaban J connectivity index is 3.18. The molecule has 0 saturated heterocycles. The van der Waals surface area contributed by atoms with Crippen LogP contribution in [0.3, 0.4) is 0 Å². The molecule has 0 aliphatic carbocycles. The zero-order chi connectivity index (χ0) is 8.69. The smallest absolute Gasteiger partial charge is 0.222 e. The van der Waals surface area contributed by atoms with Crippen LogP contribution in [0.1, 0.15) is 32.1 Å². The van der Waals surface area contributed by atoms with Gasteiger partial charge in [-0.15, -0.1) is 0 Å². The van der Waals surface area contributed by atoms with Gasteiger partial charge in [0.05, 0.1) is 0 Å². The molecule has 1 amide bonds. The normalized spacial score (nSPS) is 9.73. The third-order valence-electron chi connectivity index (χ3n) is 1.64. The van der Waals surface area contributed by atoms with E-state index >= 15 is 0 Å². The summed E-state index contributed by atoms with van der Waals surface area (Å²) in [5, 5.41) is 0. The summed E-state index contributed by atoms with van der Waals surface area (Å²) >= 11 is 0. The summed E-state index contributed by atoms with van der Waals surface area (Å²) in [7, 11) is 3.59. The largest absolute Gasteiger partial charge is 0.349 e. The summed E-state index contributed by atoms with van der Waals surface area (Å²) in [6.45, 7) is 3.74. The molecule has 1 radical (unpaired) electrons. The molecular weight excluding hydrogens is 138 g/mol. The standard InChI is InChI=1S/C9H18NO/c1-4-5-6-7-8-9(11)10(2)3/h1,4-8H2,2-3H3. The molecule has 0 aromatic heterocycles. The number of carbonyl (C=O) groups excluding carboxylic acids is 1. The number of hydrogen-bond acceptors (Lipinski definition) is 1. The molecule has 0 aromatic carbocycles. The van der Waals surface area contributed by atoms with Crippen molar-refractivity contribution in [3.8, 4) is 0 Å². The minimum absolute atomic E-state index is 0.231. The van der Waals surface area contributed by atoms with Gasteiger partial charge >= 0.3 is 0 Å². The lowest BCUT2D eigenvalue weighted by atomic mass is 10.1. The second-order valence-electron chi connectivity index (χ2n) is 2.95. The van der Waals surface area contributed by atoms with Gasteiger partial charge in [-0.2, -0.15) is 0 Å². The van der Waals surface area contributed by atoms with Crippen LogP contribution >= 0.6 is 0 Å². The Morgan fingerprint density at radius 3 is 2.36 bits per heavy atom.